The van der Waals surface area contributed by atoms with Crippen LogP contribution in [0.25, 0.3) is 0 Å². The van der Waals surface area contributed by atoms with Gasteiger partial charge in [-0.2, -0.15) is 0 Å². The molecule has 0 aliphatic carbocycles. The lowest BCUT2D eigenvalue weighted by Gasteiger charge is -2.21. The van der Waals surface area contributed by atoms with Crippen LogP contribution in [0.2, 0.25) is 0 Å². The summed E-state index contributed by atoms with van der Waals surface area (Å²) in [4.78, 5) is 10.6. The molecule has 0 bridgehead atoms. The number of carboxylic acids is 1. The van der Waals surface area contributed by atoms with E-state index in [9.17, 15) is 4.79 Å². The molecule has 17 heavy (non-hydrogen) atoms. The van der Waals surface area contributed by atoms with Crippen molar-refractivity contribution in [3.63, 3.8) is 0 Å². The number of fused-ring (bicyclic) bond motifs is 1. The van der Waals surface area contributed by atoms with Gasteiger partial charge in [0.25, 0.3) is 0 Å². The van der Waals surface area contributed by atoms with E-state index in [1.165, 1.54) is 0 Å². The second kappa shape index (κ2) is 4.95. The first-order valence-corrected chi connectivity index (χ1v) is 5.39. The van der Waals surface area contributed by atoms with Crippen LogP contribution in [0.3, 0.4) is 0 Å². The number of carboxylic acid groups (broad SMARTS) is 1. The van der Waals surface area contributed by atoms with Crippen LogP contribution >= 0.6 is 0 Å². The SMILES string of the molecule is COc1cc(CCC(=O)O)c2c(c1)OCCO2. The Hall–Kier alpha value is -1.91. The maximum Gasteiger partial charge on any atom is 0.303 e. The largest absolute Gasteiger partial charge is 0.497 e. The molecule has 0 fully saturated rings. The van der Waals surface area contributed by atoms with Crippen molar-refractivity contribution in [3.05, 3.63) is 17.7 Å². The maximum absolute atomic E-state index is 10.6. The molecule has 1 aromatic carbocycles. The molecule has 5 heteroatoms. The van der Waals surface area contributed by atoms with Crippen LogP contribution in [0.5, 0.6) is 17.2 Å². The van der Waals surface area contributed by atoms with Crippen LogP contribution in [-0.2, 0) is 11.2 Å². The summed E-state index contributed by atoms with van der Waals surface area (Å²) in [7, 11) is 1.56. The van der Waals surface area contributed by atoms with E-state index in [1.807, 2.05) is 0 Å². The van der Waals surface area contributed by atoms with E-state index in [0.717, 1.165) is 5.56 Å². The number of carbonyl (C=O) groups is 1. The first-order valence-electron chi connectivity index (χ1n) is 5.39. The normalized spacial score (nSPS) is 13.2. The van der Waals surface area contributed by atoms with Crippen molar-refractivity contribution in [2.24, 2.45) is 0 Å². The highest BCUT2D eigenvalue weighted by Gasteiger charge is 2.18. The van der Waals surface area contributed by atoms with Gasteiger partial charge in [0.2, 0.25) is 0 Å². The van der Waals surface area contributed by atoms with E-state index in [0.29, 0.717) is 36.9 Å². The third-order valence-electron chi connectivity index (χ3n) is 2.54. The summed E-state index contributed by atoms with van der Waals surface area (Å²) in [6.07, 6.45) is 0.460. The van der Waals surface area contributed by atoms with E-state index in [1.54, 1.807) is 19.2 Å². The first kappa shape index (κ1) is 11.6. The van der Waals surface area contributed by atoms with Gasteiger partial charge >= 0.3 is 5.97 Å². The second-order valence-corrected chi connectivity index (χ2v) is 3.70. The van der Waals surface area contributed by atoms with Crippen LogP contribution in [0.1, 0.15) is 12.0 Å². The number of aliphatic carboxylic acids is 1. The zero-order chi connectivity index (χ0) is 12.3. The minimum atomic E-state index is -0.835. The molecule has 5 nitrogen and oxygen atoms in total. The van der Waals surface area contributed by atoms with Crippen LogP contribution in [0.15, 0.2) is 12.1 Å². The molecule has 1 N–H and O–H groups in total. The molecule has 0 saturated carbocycles. The highest BCUT2D eigenvalue weighted by atomic mass is 16.6. The average Bonchev–Trinajstić information content (AvgIpc) is 2.35. The van der Waals surface area contributed by atoms with E-state index in [2.05, 4.69) is 0 Å². The molecular weight excluding hydrogens is 224 g/mol. The topological polar surface area (TPSA) is 65.0 Å². The van der Waals surface area contributed by atoms with Crippen LogP contribution < -0.4 is 14.2 Å². The Balaban J connectivity index is 2.30. The minimum Gasteiger partial charge on any atom is -0.497 e. The van der Waals surface area contributed by atoms with Crippen molar-refractivity contribution in [2.75, 3.05) is 20.3 Å². The van der Waals surface area contributed by atoms with Crippen molar-refractivity contribution in [1.29, 1.82) is 0 Å². The average molecular weight is 238 g/mol. The minimum absolute atomic E-state index is 0.0585. The maximum atomic E-state index is 10.6. The van der Waals surface area contributed by atoms with Gasteiger partial charge in [0.15, 0.2) is 11.5 Å². The third-order valence-corrected chi connectivity index (χ3v) is 2.54. The second-order valence-electron chi connectivity index (χ2n) is 3.70. The zero-order valence-corrected chi connectivity index (χ0v) is 9.56. The molecular formula is C12H14O5. The molecule has 1 heterocycles. The van der Waals surface area contributed by atoms with Crippen molar-refractivity contribution in [2.45, 2.75) is 12.8 Å². The lowest BCUT2D eigenvalue weighted by Crippen LogP contribution is -2.17. The molecule has 1 aliphatic rings. The number of hydrogen-bond acceptors (Lipinski definition) is 4. The summed E-state index contributed by atoms with van der Waals surface area (Å²) in [5, 5.41) is 8.70. The van der Waals surface area contributed by atoms with Crippen molar-refractivity contribution >= 4 is 5.97 Å². The summed E-state index contributed by atoms with van der Waals surface area (Å²) in [6.45, 7) is 0.984. The molecule has 0 aromatic heterocycles. The lowest BCUT2D eigenvalue weighted by atomic mass is 10.1. The fraction of sp³-hybridized carbons (Fsp3) is 0.417. The summed E-state index contributed by atoms with van der Waals surface area (Å²) in [6, 6.07) is 3.54. The standard InChI is InChI=1S/C12H14O5/c1-15-9-6-8(2-3-11(13)14)12-10(7-9)16-4-5-17-12/h6-7H,2-5H2,1H3,(H,13,14). The number of ether oxygens (including phenoxy) is 3. The Kier molecular flexibility index (Phi) is 3.37. The first-order chi connectivity index (χ1) is 8.20. The summed E-state index contributed by atoms with van der Waals surface area (Å²) < 4.78 is 16.1. The summed E-state index contributed by atoms with van der Waals surface area (Å²) in [5.74, 6) is 1.07. The molecule has 0 spiro atoms. The number of benzene rings is 1. The van der Waals surface area contributed by atoms with E-state index in [4.69, 9.17) is 19.3 Å². The van der Waals surface area contributed by atoms with Crippen LogP contribution in [-0.4, -0.2) is 31.4 Å². The lowest BCUT2D eigenvalue weighted by molar-refractivity contribution is -0.136. The van der Waals surface area contributed by atoms with E-state index >= 15 is 0 Å². The molecule has 0 amide bonds. The monoisotopic (exact) mass is 238 g/mol. The van der Waals surface area contributed by atoms with Gasteiger partial charge < -0.3 is 19.3 Å². The quantitative estimate of drug-likeness (QED) is 0.860. The molecule has 0 unspecified atom stereocenters. The Morgan fingerprint density at radius 1 is 1.41 bits per heavy atom. The Bertz CT molecular complexity index is 427. The van der Waals surface area contributed by atoms with Crippen molar-refractivity contribution in [3.8, 4) is 17.2 Å². The molecule has 0 radical (unpaired) electrons. The molecule has 2 rings (SSSR count). The number of methoxy groups -OCH3 is 1. The van der Waals surface area contributed by atoms with Gasteiger partial charge in [0.05, 0.1) is 7.11 Å². The predicted octanol–water partition coefficient (Wildman–Crippen LogP) is 1.48. The predicted molar refractivity (Wildman–Crippen MR) is 59.9 cm³/mol. The summed E-state index contributed by atoms with van der Waals surface area (Å²) in [5.41, 5.74) is 0.807. The van der Waals surface area contributed by atoms with Gasteiger partial charge in [0.1, 0.15) is 19.0 Å². The van der Waals surface area contributed by atoms with Crippen LogP contribution in [0, 0.1) is 0 Å². The smallest absolute Gasteiger partial charge is 0.303 e. The van der Waals surface area contributed by atoms with Gasteiger partial charge in [0, 0.05) is 18.1 Å². The van der Waals surface area contributed by atoms with Crippen molar-refractivity contribution in [1.82, 2.24) is 0 Å². The zero-order valence-electron chi connectivity index (χ0n) is 9.56. The third kappa shape index (κ3) is 2.61. The fourth-order valence-electron chi connectivity index (χ4n) is 1.74. The fourth-order valence-corrected chi connectivity index (χ4v) is 1.74. The van der Waals surface area contributed by atoms with Gasteiger partial charge in [-0.15, -0.1) is 0 Å². The van der Waals surface area contributed by atoms with E-state index in [-0.39, 0.29) is 6.42 Å². The van der Waals surface area contributed by atoms with Crippen molar-refractivity contribution < 1.29 is 24.1 Å². The molecule has 92 valence electrons. The molecule has 0 atom stereocenters. The van der Waals surface area contributed by atoms with E-state index < -0.39 is 5.97 Å². The molecule has 1 aromatic rings. The number of rotatable bonds is 4. The Labute approximate surface area is 98.9 Å². The highest BCUT2D eigenvalue weighted by molar-refractivity contribution is 5.67. The van der Waals surface area contributed by atoms with Gasteiger partial charge in [-0.1, -0.05) is 0 Å². The van der Waals surface area contributed by atoms with Gasteiger partial charge in [-0.05, 0) is 12.5 Å². The Morgan fingerprint density at radius 3 is 2.88 bits per heavy atom. The molecule has 1 aliphatic heterocycles. The Morgan fingerprint density at radius 2 is 2.18 bits per heavy atom. The molecule has 0 saturated heterocycles. The highest BCUT2D eigenvalue weighted by Crippen LogP contribution is 2.38. The van der Waals surface area contributed by atoms with Gasteiger partial charge in [-0.25, -0.2) is 0 Å². The summed E-state index contributed by atoms with van der Waals surface area (Å²) >= 11 is 0. The van der Waals surface area contributed by atoms with Crippen LogP contribution in [0.4, 0.5) is 0 Å². The number of aryl methyl sites for hydroxylation is 1. The number of hydrogen-bond donors (Lipinski definition) is 1. The van der Waals surface area contributed by atoms with Gasteiger partial charge in [-0.3, -0.25) is 4.79 Å².